The molecule has 1 aliphatic carbocycles. The number of piperidine rings is 1. The van der Waals surface area contributed by atoms with Crippen LogP contribution in [0.4, 0.5) is 4.79 Å². The third-order valence-corrected chi connectivity index (χ3v) is 8.82. The Morgan fingerprint density at radius 1 is 1.07 bits per heavy atom. The molecule has 1 heterocycles. The summed E-state index contributed by atoms with van der Waals surface area (Å²) in [5.41, 5.74) is 0.568. The molecule has 0 spiro atoms. The first kappa shape index (κ1) is 23.4. The van der Waals surface area contributed by atoms with Crippen molar-refractivity contribution >= 4 is 27.7 Å². The maximum absolute atomic E-state index is 13.3. The molecule has 3 rings (SSSR count). The van der Waals surface area contributed by atoms with Crippen molar-refractivity contribution in [3.8, 4) is 0 Å². The molecule has 0 bridgehead atoms. The molecule has 2 fully saturated rings. The number of hydrogen-bond acceptors (Lipinski definition) is 3. The lowest BCUT2D eigenvalue weighted by Gasteiger charge is -2.35. The predicted octanol–water partition coefficient (Wildman–Crippen LogP) is 4.60. The maximum Gasteiger partial charge on any atom is 0.315 e. The smallest absolute Gasteiger partial charge is 0.315 e. The van der Waals surface area contributed by atoms with Crippen LogP contribution in [0.1, 0.15) is 69.8 Å². The number of carbonyl (C=O) groups is 1. The van der Waals surface area contributed by atoms with E-state index in [4.69, 9.17) is 11.6 Å². The zero-order valence-corrected chi connectivity index (χ0v) is 19.4. The number of nitrogens with zero attached hydrogens (tertiary/aromatic N) is 1. The van der Waals surface area contributed by atoms with E-state index in [1.807, 2.05) is 0 Å². The van der Waals surface area contributed by atoms with Gasteiger partial charge >= 0.3 is 6.03 Å². The quantitative estimate of drug-likeness (QED) is 0.680. The van der Waals surface area contributed by atoms with Gasteiger partial charge in [-0.05, 0) is 50.3 Å². The Balaban J connectivity index is 1.62. The molecule has 1 unspecified atom stereocenters. The van der Waals surface area contributed by atoms with Gasteiger partial charge in [0.2, 0.25) is 10.0 Å². The summed E-state index contributed by atoms with van der Waals surface area (Å²) in [4.78, 5) is 12.7. The van der Waals surface area contributed by atoms with Crippen molar-refractivity contribution in [3.63, 3.8) is 0 Å². The van der Waals surface area contributed by atoms with Crippen molar-refractivity contribution < 1.29 is 13.2 Å². The van der Waals surface area contributed by atoms with Crippen LogP contribution in [0.3, 0.4) is 0 Å². The lowest BCUT2D eigenvalue weighted by molar-refractivity contribution is 0.219. The molecular weight excluding hydrogens is 422 g/mol. The predicted molar refractivity (Wildman–Crippen MR) is 120 cm³/mol. The fraction of sp³-hybridized carbons (Fsp3) is 0.682. The van der Waals surface area contributed by atoms with Gasteiger partial charge in [-0.15, -0.1) is 0 Å². The molecular formula is C22H34ClN3O3S. The number of urea groups is 1. The molecule has 1 aromatic rings. The molecule has 168 valence electrons. The number of benzene rings is 1. The van der Waals surface area contributed by atoms with Crippen molar-refractivity contribution in [3.05, 3.63) is 28.8 Å². The summed E-state index contributed by atoms with van der Waals surface area (Å²) in [6.45, 7) is 2.51. The standard InChI is InChI=1S/C22H34ClN3O3S/c1-17-20(23)13-9-14-21(17)30(28,29)26-15-8-7-12-19(26)16-24-22(27)25-18-10-5-3-2-4-6-11-18/h9,13-14,18-19H,2-8,10-12,15-16H2,1H3,(H2,24,25,27). The maximum atomic E-state index is 13.3. The van der Waals surface area contributed by atoms with Crippen molar-refractivity contribution in [2.24, 2.45) is 0 Å². The van der Waals surface area contributed by atoms with Crippen molar-refractivity contribution in [1.82, 2.24) is 14.9 Å². The molecule has 2 aliphatic rings. The van der Waals surface area contributed by atoms with E-state index in [-0.39, 0.29) is 23.0 Å². The topological polar surface area (TPSA) is 78.5 Å². The van der Waals surface area contributed by atoms with E-state index in [9.17, 15) is 13.2 Å². The summed E-state index contributed by atoms with van der Waals surface area (Å²) in [7, 11) is -3.67. The monoisotopic (exact) mass is 455 g/mol. The molecule has 0 aromatic heterocycles. The fourth-order valence-corrected chi connectivity index (χ4v) is 6.71. The summed E-state index contributed by atoms with van der Waals surface area (Å²) in [6.07, 6.45) is 10.6. The highest BCUT2D eigenvalue weighted by atomic mass is 35.5. The lowest BCUT2D eigenvalue weighted by atomic mass is 9.97. The first-order valence-corrected chi connectivity index (χ1v) is 13.0. The highest BCUT2D eigenvalue weighted by molar-refractivity contribution is 7.89. The van der Waals surface area contributed by atoms with E-state index >= 15 is 0 Å². The second-order valence-corrected chi connectivity index (χ2v) is 10.8. The minimum absolute atomic E-state index is 0.192. The zero-order chi connectivity index (χ0) is 21.6. The van der Waals surface area contributed by atoms with E-state index in [0.29, 0.717) is 23.7 Å². The molecule has 1 aromatic carbocycles. The van der Waals surface area contributed by atoms with Crippen LogP contribution >= 0.6 is 11.6 Å². The first-order valence-electron chi connectivity index (χ1n) is 11.2. The normalized spacial score (nSPS) is 22.1. The molecule has 1 atom stereocenters. The van der Waals surface area contributed by atoms with Gasteiger partial charge in [-0.2, -0.15) is 4.31 Å². The molecule has 1 saturated heterocycles. The Labute approximate surface area is 185 Å². The fourth-order valence-electron chi connectivity index (χ4n) is 4.54. The second kappa shape index (κ2) is 10.8. The Kier molecular flexibility index (Phi) is 8.43. The molecule has 8 heteroatoms. The van der Waals surface area contributed by atoms with Crippen molar-refractivity contribution in [1.29, 1.82) is 0 Å². The average molecular weight is 456 g/mol. The number of hydrogen-bond donors (Lipinski definition) is 2. The molecule has 2 amide bonds. The van der Waals surface area contributed by atoms with E-state index < -0.39 is 10.0 Å². The number of carbonyl (C=O) groups excluding carboxylic acids is 1. The van der Waals surface area contributed by atoms with Gasteiger partial charge in [-0.3, -0.25) is 0 Å². The minimum Gasteiger partial charge on any atom is -0.337 e. The Morgan fingerprint density at radius 3 is 2.47 bits per heavy atom. The van der Waals surface area contributed by atoms with Crippen LogP contribution in [0, 0.1) is 6.92 Å². The molecule has 30 heavy (non-hydrogen) atoms. The van der Waals surface area contributed by atoms with Crippen LogP contribution < -0.4 is 10.6 Å². The number of nitrogens with one attached hydrogen (secondary N) is 2. The summed E-state index contributed by atoms with van der Waals surface area (Å²) in [6, 6.07) is 4.75. The van der Waals surface area contributed by atoms with Gasteiger partial charge in [-0.1, -0.05) is 56.2 Å². The largest absolute Gasteiger partial charge is 0.337 e. The summed E-state index contributed by atoms with van der Waals surface area (Å²) in [5.74, 6) is 0. The van der Waals surface area contributed by atoms with Crippen LogP contribution in [0.25, 0.3) is 0 Å². The van der Waals surface area contributed by atoms with Gasteiger partial charge in [0.25, 0.3) is 0 Å². The number of halogens is 1. The summed E-state index contributed by atoms with van der Waals surface area (Å²) >= 11 is 6.16. The molecule has 2 N–H and O–H groups in total. The van der Waals surface area contributed by atoms with E-state index in [1.165, 1.54) is 19.3 Å². The van der Waals surface area contributed by atoms with E-state index in [0.717, 1.165) is 44.9 Å². The van der Waals surface area contributed by atoms with Crippen molar-refractivity contribution in [2.45, 2.75) is 88.1 Å². The van der Waals surface area contributed by atoms with Crippen LogP contribution in [-0.2, 0) is 10.0 Å². The molecule has 6 nitrogen and oxygen atoms in total. The van der Waals surface area contributed by atoms with Gasteiger partial charge in [0.15, 0.2) is 0 Å². The number of sulfonamides is 1. The van der Waals surface area contributed by atoms with Gasteiger partial charge in [0.05, 0.1) is 4.90 Å². The highest BCUT2D eigenvalue weighted by Crippen LogP contribution is 2.29. The van der Waals surface area contributed by atoms with Crippen molar-refractivity contribution in [2.75, 3.05) is 13.1 Å². The van der Waals surface area contributed by atoms with Gasteiger partial charge in [0, 0.05) is 30.2 Å². The first-order chi connectivity index (χ1) is 14.4. The second-order valence-electron chi connectivity index (χ2n) is 8.52. The third-order valence-electron chi connectivity index (χ3n) is 6.32. The number of amides is 2. The molecule has 0 radical (unpaired) electrons. The highest BCUT2D eigenvalue weighted by Gasteiger charge is 2.34. The van der Waals surface area contributed by atoms with Gasteiger partial charge in [0.1, 0.15) is 0 Å². The van der Waals surface area contributed by atoms with Crippen LogP contribution in [-0.4, -0.2) is 43.9 Å². The molecule has 1 aliphatic heterocycles. The SMILES string of the molecule is Cc1c(Cl)cccc1S(=O)(=O)N1CCCCC1CNC(=O)NC1CCCCCCC1. The minimum atomic E-state index is -3.67. The average Bonchev–Trinajstić information content (AvgIpc) is 2.70. The van der Waals surface area contributed by atoms with E-state index in [1.54, 1.807) is 29.4 Å². The Morgan fingerprint density at radius 2 is 1.73 bits per heavy atom. The van der Waals surface area contributed by atoms with E-state index in [2.05, 4.69) is 10.6 Å². The van der Waals surface area contributed by atoms with Crippen LogP contribution in [0.15, 0.2) is 23.1 Å². The summed E-state index contributed by atoms with van der Waals surface area (Å²) in [5, 5.41) is 6.47. The van der Waals surface area contributed by atoms with Crippen LogP contribution in [0.2, 0.25) is 5.02 Å². The van der Waals surface area contributed by atoms with Gasteiger partial charge < -0.3 is 10.6 Å². The Hall–Kier alpha value is -1.31. The zero-order valence-electron chi connectivity index (χ0n) is 17.8. The Bertz CT molecular complexity index is 823. The molecule has 1 saturated carbocycles. The van der Waals surface area contributed by atoms with Gasteiger partial charge in [-0.25, -0.2) is 13.2 Å². The number of rotatable bonds is 5. The third kappa shape index (κ3) is 5.89. The van der Waals surface area contributed by atoms with Crippen LogP contribution in [0.5, 0.6) is 0 Å². The lowest BCUT2D eigenvalue weighted by Crippen LogP contribution is -2.51. The summed E-state index contributed by atoms with van der Waals surface area (Å²) < 4.78 is 28.2.